The SMILES string of the molecule is CCNC(=NCc1noc(C)n1)NCC(C)Oc1ccccc1OC. The lowest BCUT2D eigenvalue weighted by Crippen LogP contribution is -2.41. The van der Waals surface area contributed by atoms with Gasteiger partial charge in [0, 0.05) is 13.5 Å². The Morgan fingerprint density at radius 1 is 1.28 bits per heavy atom. The Morgan fingerprint density at radius 3 is 2.68 bits per heavy atom. The molecule has 0 aliphatic heterocycles. The van der Waals surface area contributed by atoms with E-state index in [2.05, 4.69) is 25.8 Å². The van der Waals surface area contributed by atoms with E-state index in [9.17, 15) is 0 Å². The first kappa shape index (κ1) is 18.6. The molecule has 2 aromatic rings. The lowest BCUT2D eigenvalue weighted by Gasteiger charge is -2.18. The average Bonchev–Trinajstić information content (AvgIpc) is 3.03. The summed E-state index contributed by atoms with van der Waals surface area (Å²) in [5.41, 5.74) is 0. The van der Waals surface area contributed by atoms with Gasteiger partial charge in [0.1, 0.15) is 12.6 Å². The molecule has 136 valence electrons. The third-order valence-corrected chi connectivity index (χ3v) is 3.25. The number of methoxy groups -OCH3 is 1. The largest absolute Gasteiger partial charge is 0.493 e. The second-order valence-corrected chi connectivity index (χ2v) is 5.39. The van der Waals surface area contributed by atoms with Crippen molar-refractivity contribution < 1.29 is 14.0 Å². The molecule has 2 rings (SSSR count). The van der Waals surface area contributed by atoms with Gasteiger partial charge in [-0.25, -0.2) is 4.99 Å². The maximum absolute atomic E-state index is 5.92. The first-order valence-electron chi connectivity index (χ1n) is 8.23. The van der Waals surface area contributed by atoms with Crippen LogP contribution in [-0.4, -0.2) is 42.4 Å². The van der Waals surface area contributed by atoms with Crippen LogP contribution in [0.3, 0.4) is 0 Å². The molecule has 0 radical (unpaired) electrons. The number of hydrogen-bond acceptors (Lipinski definition) is 6. The van der Waals surface area contributed by atoms with Crippen LogP contribution >= 0.6 is 0 Å². The van der Waals surface area contributed by atoms with Gasteiger partial charge in [0.05, 0.1) is 13.7 Å². The lowest BCUT2D eigenvalue weighted by molar-refractivity contribution is 0.213. The minimum atomic E-state index is -0.0763. The smallest absolute Gasteiger partial charge is 0.223 e. The molecule has 0 fully saturated rings. The van der Waals surface area contributed by atoms with Crippen molar-refractivity contribution in [3.63, 3.8) is 0 Å². The molecular formula is C17H25N5O3. The Kier molecular flexibility index (Phi) is 7.06. The predicted molar refractivity (Wildman–Crippen MR) is 94.9 cm³/mol. The van der Waals surface area contributed by atoms with Crippen molar-refractivity contribution in [1.29, 1.82) is 0 Å². The maximum Gasteiger partial charge on any atom is 0.223 e. The minimum absolute atomic E-state index is 0.0763. The Labute approximate surface area is 147 Å². The second kappa shape index (κ2) is 9.51. The van der Waals surface area contributed by atoms with E-state index in [1.54, 1.807) is 14.0 Å². The maximum atomic E-state index is 5.92. The van der Waals surface area contributed by atoms with Crippen molar-refractivity contribution in [3.05, 3.63) is 36.0 Å². The van der Waals surface area contributed by atoms with Crippen LogP contribution in [-0.2, 0) is 6.54 Å². The number of benzene rings is 1. The van der Waals surface area contributed by atoms with Crippen molar-refractivity contribution in [3.8, 4) is 11.5 Å². The minimum Gasteiger partial charge on any atom is -0.493 e. The highest BCUT2D eigenvalue weighted by Gasteiger charge is 2.09. The Hall–Kier alpha value is -2.77. The molecule has 0 aliphatic carbocycles. The van der Waals surface area contributed by atoms with Gasteiger partial charge >= 0.3 is 0 Å². The number of guanidine groups is 1. The number of aliphatic imine (C=N–C) groups is 1. The highest BCUT2D eigenvalue weighted by atomic mass is 16.5. The van der Waals surface area contributed by atoms with Crippen LogP contribution < -0.4 is 20.1 Å². The molecule has 1 aromatic heterocycles. The van der Waals surface area contributed by atoms with E-state index in [4.69, 9.17) is 14.0 Å². The fourth-order valence-electron chi connectivity index (χ4n) is 2.11. The number of aryl methyl sites for hydroxylation is 1. The molecule has 8 nitrogen and oxygen atoms in total. The fraction of sp³-hybridized carbons (Fsp3) is 0.471. The Bertz CT molecular complexity index is 686. The predicted octanol–water partition coefficient (Wildman–Crippen LogP) is 1.91. The van der Waals surface area contributed by atoms with E-state index in [-0.39, 0.29) is 6.10 Å². The van der Waals surface area contributed by atoms with E-state index in [0.717, 1.165) is 6.54 Å². The third kappa shape index (κ3) is 5.98. The molecule has 0 spiro atoms. The molecule has 1 atom stereocenters. The quantitative estimate of drug-likeness (QED) is 0.556. The number of hydrogen-bond donors (Lipinski definition) is 2. The van der Waals surface area contributed by atoms with Gasteiger partial charge in [-0.1, -0.05) is 17.3 Å². The topological polar surface area (TPSA) is 93.8 Å². The highest BCUT2D eigenvalue weighted by molar-refractivity contribution is 5.79. The van der Waals surface area contributed by atoms with Gasteiger partial charge in [-0.05, 0) is 26.0 Å². The summed E-state index contributed by atoms with van der Waals surface area (Å²) < 4.78 is 16.2. The van der Waals surface area contributed by atoms with E-state index in [1.165, 1.54) is 0 Å². The number of nitrogens with zero attached hydrogens (tertiary/aromatic N) is 3. The molecule has 0 aliphatic rings. The number of aromatic nitrogens is 2. The average molecular weight is 347 g/mol. The van der Waals surface area contributed by atoms with Crippen molar-refractivity contribution in [2.75, 3.05) is 20.2 Å². The van der Waals surface area contributed by atoms with Crippen molar-refractivity contribution in [2.24, 2.45) is 4.99 Å². The molecule has 0 saturated carbocycles. The first-order chi connectivity index (χ1) is 12.1. The van der Waals surface area contributed by atoms with Gasteiger partial charge in [0.15, 0.2) is 23.3 Å². The fourth-order valence-corrected chi connectivity index (χ4v) is 2.11. The summed E-state index contributed by atoms with van der Waals surface area (Å²) >= 11 is 0. The molecule has 1 unspecified atom stereocenters. The zero-order valence-electron chi connectivity index (χ0n) is 15.1. The molecular weight excluding hydrogens is 322 g/mol. The summed E-state index contributed by atoms with van der Waals surface area (Å²) in [6.07, 6.45) is -0.0763. The number of nitrogens with one attached hydrogen (secondary N) is 2. The number of ether oxygens (including phenoxy) is 2. The van der Waals surface area contributed by atoms with Crippen LogP contribution in [0.4, 0.5) is 0 Å². The van der Waals surface area contributed by atoms with Gasteiger partial charge in [0.25, 0.3) is 0 Å². The molecule has 8 heteroatoms. The summed E-state index contributed by atoms with van der Waals surface area (Å²) in [7, 11) is 1.63. The van der Waals surface area contributed by atoms with Gasteiger partial charge in [-0.2, -0.15) is 4.98 Å². The Balaban J connectivity index is 1.88. The van der Waals surface area contributed by atoms with Gasteiger partial charge in [-0.15, -0.1) is 0 Å². The zero-order chi connectivity index (χ0) is 18.1. The summed E-state index contributed by atoms with van der Waals surface area (Å²) in [5, 5.41) is 10.2. The standard InChI is InChI=1S/C17H25N5O3/c1-5-18-17(20-11-16-21-13(3)25-22-16)19-10-12(2)24-15-9-7-6-8-14(15)23-4/h6-9,12H,5,10-11H2,1-4H3,(H2,18,19,20). The van der Waals surface area contributed by atoms with Gasteiger partial charge < -0.3 is 24.6 Å². The van der Waals surface area contributed by atoms with Crippen molar-refractivity contribution in [2.45, 2.75) is 33.4 Å². The molecule has 25 heavy (non-hydrogen) atoms. The number of para-hydroxylation sites is 2. The van der Waals surface area contributed by atoms with Crippen molar-refractivity contribution >= 4 is 5.96 Å². The van der Waals surface area contributed by atoms with Gasteiger partial charge in [-0.3, -0.25) is 0 Å². The first-order valence-corrected chi connectivity index (χ1v) is 8.23. The monoisotopic (exact) mass is 347 g/mol. The van der Waals surface area contributed by atoms with Crippen molar-refractivity contribution in [1.82, 2.24) is 20.8 Å². The molecule has 0 bridgehead atoms. The molecule has 1 heterocycles. The molecule has 2 N–H and O–H groups in total. The summed E-state index contributed by atoms with van der Waals surface area (Å²) in [4.78, 5) is 8.57. The summed E-state index contributed by atoms with van der Waals surface area (Å²) in [6.45, 7) is 7.40. The van der Waals surface area contributed by atoms with E-state index in [1.807, 2.05) is 38.1 Å². The highest BCUT2D eigenvalue weighted by Crippen LogP contribution is 2.26. The summed E-state index contributed by atoms with van der Waals surface area (Å²) in [6, 6.07) is 7.57. The normalized spacial score (nSPS) is 12.6. The lowest BCUT2D eigenvalue weighted by atomic mass is 10.3. The Morgan fingerprint density at radius 2 is 2.04 bits per heavy atom. The van der Waals surface area contributed by atoms with Crippen LogP contribution in [0.1, 0.15) is 25.6 Å². The van der Waals surface area contributed by atoms with Crippen LogP contribution in [0.2, 0.25) is 0 Å². The molecule has 1 aromatic carbocycles. The second-order valence-electron chi connectivity index (χ2n) is 5.39. The molecule has 0 saturated heterocycles. The van der Waals surface area contributed by atoms with E-state index < -0.39 is 0 Å². The third-order valence-electron chi connectivity index (χ3n) is 3.25. The zero-order valence-corrected chi connectivity index (χ0v) is 15.1. The molecule has 0 amide bonds. The van der Waals surface area contributed by atoms with E-state index >= 15 is 0 Å². The summed E-state index contributed by atoms with van der Waals surface area (Å²) in [5.74, 6) is 3.17. The van der Waals surface area contributed by atoms with Crippen LogP contribution in [0.5, 0.6) is 11.5 Å². The van der Waals surface area contributed by atoms with Crippen LogP contribution in [0.15, 0.2) is 33.8 Å². The van der Waals surface area contributed by atoms with Crippen LogP contribution in [0, 0.1) is 6.92 Å². The van der Waals surface area contributed by atoms with Crippen LogP contribution in [0.25, 0.3) is 0 Å². The van der Waals surface area contributed by atoms with Gasteiger partial charge in [0.2, 0.25) is 5.89 Å². The number of rotatable bonds is 8. The van der Waals surface area contributed by atoms with E-state index in [0.29, 0.717) is 42.3 Å².